The first-order chi connectivity index (χ1) is 13.7. The van der Waals surface area contributed by atoms with Crippen molar-refractivity contribution in [2.45, 2.75) is 44.4 Å². The van der Waals surface area contributed by atoms with Crippen LogP contribution in [-0.2, 0) is 12.8 Å². The number of rotatable bonds is 8. The van der Waals surface area contributed by atoms with Crippen molar-refractivity contribution in [3.63, 3.8) is 0 Å². The number of hydrogen-bond acceptors (Lipinski definition) is 4. The second-order valence-corrected chi connectivity index (χ2v) is 7.59. The standard InChI is InChI=1S/C24H25NO3/c26-21-16-20(9-5-4-6-17-12-14-25-15-13-17)28-24(27)23(21)22(19-10-11-19)18-7-2-1-3-8-18/h1-3,7-8,12-16,19,22,26H,4-6,9-11H2. The van der Waals surface area contributed by atoms with Gasteiger partial charge in [-0.15, -0.1) is 0 Å². The molecule has 0 aliphatic heterocycles. The lowest BCUT2D eigenvalue weighted by atomic mass is 9.87. The van der Waals surface area contributed by atoms with Crippen molar-refractivity contribution >= 4 is 0 Å². The lowest BCUT2D eigenvalue weighted by Gasteiger charge is -2.17. The highest BCUT2D eigenvalue weighted by atomic mass is 16.4. The van der Waals surface area contributed by atoms with Crippen molar-refractivity contribution < 1.29 is 9.52 Å². The molecule has 1 fully saturated rings. The fourth-order valence-corrected chi connectivity index (χ4v) is 3.89. The molecule has 1 aromatic carbocycles. The lowest BCUT2D eigenvalue weighted by Crippen LogP contribution is -2.16. The lowest BCUT2D eigenvalue weighted by molar-refractivity contribution is 0.400. The number of hydrogen-bond donors (Lipinski definition) is 1. The van der Waals surface area contributed by atoms with Crippen molar-refractivity contribution in [1.29, 1.82) is 0 Å². The third-order valence-electron chi connectivity index (χ3n) is 5.47. The molecule has 0 spiro atoms. The van der Waals surface area contributed by atoms with Crippen LogP contribution in [0.2, 0.25) is 0 Å². The minimum absolute atomic E-state index is 0.0705. The third-order valence-corrected chi connectivity index (χ3v) is 5.47. The van der Waals surface area contributed by atoms with Crippen LogP contribution < -0.4 is 5.63 Å². The first-order valence-corrected chi connectivity index (χ1v) is 10.0. The monoisotopic (exact) mass is 375 g/mol. The topological polar surface area (TPSA) is 63.3 Å². The zero-order valence-corrected chi connectivity index (χ0v) is 15.9. The van der Waals surface area contributed by atoms with Crippen LogP contribution in [0.4, 0.5) is 0 Å². The number of aryl methyl sites for hydroxylation is 2. The van der Waals surface area contributed by atoms with Gasteiger partial charge in [0.2, 0.25) is 0 Å². The average molecular weight is 375 g/mol. The molecule has 1 aliphatic rings. The maximum atomic E-state index is 12.7. The Labute approximate surface area is 164 Å². The Morgan fingerprint density at radius 2 is 1.75 bits per heavy atom. The van der Waals surface area contributed by atoms with Crippen molar-refractivity contribution in [1.82, 2.24) is 4.98 Å². The van der Waals surface area contributed by atoms with Crippen LogP contribution in [0.3, 0.4) is 0 Å². The van der Waals surface area contributed by atoms with Gasteiger partial charge >= 0.3 is 5.63 Å². The quantitative estimate of drug-likeness (QED) is 0.572. The van der Waals surface area contributed by atoms with Crippen molar-refractivity contribution in [2.24, 2.45) is 5.92 Å². The van der Waals surface area contributed by atoms with Crippen LogP contribution in [0.5, 0.6) is 5.75 Å². The molecule has 28 heavy (non-hydrogen) atoms. The summed E-state index contributed by atoms with van der Waals surface area (Å²) in [7, 11) is 0. The Balaban J connectivity index is 1.46. The molecule has 1 saturated carbocycles. The van der Waals surface area contributed by atoms with Gasteiger partial charge in [0.25, 0.3) is 0 Å². The summed E-state index contributed by atoms with van der Waals surface area (Å²) in [5.41, 5.74) is 2.33. The summed E-state index contributed by atoms with van der Waals surface area (Å²) < 4.78 is 5.60. The minimum atomic E-state index is -0.398. The van der Waals surface area contributed by atoms with E-state index in [1.54, 1.807) is 18.5 Å². The first kappa shape index (κ1) is 18.5. The van der Waals surface area contributed by atoms with Gasteiger partial charge in [0.15, 0.2) is 0 Å². The van der Waals surface area contributed by atoms with Gasteiger partial charge in [0, 0.05) is 30.8 Å². The third kappa shape index (κ3) is 4.33. The number of aromatic hydroxyl groups is 1. The number of nitrogens with zero attached hydrogens (tertiary/aromatic N) is 1. The second kappa shape index (κ2) is 8.42. The number of aromatic nitrogens is 1. The van der Waals surface area contributed by atoms with Crippen LogP contribution in [0.25, 0.3) is 0 Å². The van der Waals surface area contributed by atoms with Gasteiger partial charge in [-0.05, 0) is 61.3 Å². The first-order valence-electron chi connectivity index (χ1n) is 10.0. The highest BCUT2D eigenvalue weighted by Gasteiger charge is 2.37. The molecule has 0 amide bonds. The van der Waals surface area contributed by atoms with Crippen LogP contribution >= 0.6 is 0 Å². The minimum Gasteiger partial charge on any atom is -0.507 e. The van der Waals surface area contributed by atoms with Crippen LogP contribution in [0.15, 0.2) is 70.1 Å². The van der Waals surface area contributed by atoms with Crippen LogP contribution in [-0.4, -0.2) is 10.1 Å². The molecule has 1 unspecified atom stereocenters. The zero-order chi connectivity index (χ0) is 19.3. The highest BCUT2D eigenvalue weighted by Crippen LogP contribution is 2.47. The van der Waals surface area contributed by atoms with Gasteiger partial charge in [-0.1, -0.05) is 30.3 Å². The molecular weight excluding hydrogens is 350 g/mol. The number of unbranched alkanes of at least 4 members (excludes halogenated alkanes) is 1. The Hall–Kier alpha value is -2.88. The summed E-state index contributed by atoms with van der Waals surface area (Å²) in [4.78, 5) is 16.8. The van der Waals surface area contributed by atoms with Gasteiger partial charge in [-0.25, -0.2) is 4.79 Å². The van der Waals surface area contributed by atoms with Gasteiger partial charge in [0.05, 0.1) is 5.56 Å². The fraction of sp³-hybridized carbons (Fsp3) is 0.333. The molecule has 1 atom stereocenters. The maximum Gasteiger partial charge on any atom is 0.343 e. The largest absolute Gasteiger partial charge is 0.507 e. The van der Waals surface area contributed by atoms with E-state index in [4.69, 9.17) is 4.42 Å². The Morgan fingerprint density at radius 1 is 1.04 bits per heavy atom. The predicted molar refractivity (Wildman–Crippen MR) is 109 cm³/mol. The van der Waals surface area contributed by atoms with Gasteiger partial charge in [-0.3, -0.25) is 4.98 Å². The molecule has 1 N–H and O–H groups in total. The predicted octanol–water partition coefficient (Wildman–Crippen LogP) is 4.85. The van der Waals surface area contributed by atoms with Gasteiger partial charge < -0.3 is 9.52 Å². The summed E-state index contributed by atoms with van der Waals surface area (Å²) in [5, 5.41) is 10.6. The van der Waals surface area contributed by atoms with Crippen LogP contribution in [0.1, 0.15) is 54.1 Å². The Kier molecular flexibility index (Phi) is 5.56. The summed E-state index contributed by atoms with van der Waals surface area (Å²) in [6.07, 6.45) is 9.26. The van der Waals surface area contributed by atoms with E-state index in [1.807, 2.05) is 42.5 Å². The molecule has 2 aromatic heterocycles. The SMILES string of the molecule is O=c1oc(CCCCc2ccncc2)cc(O)c1C(c1ccccc1)C1CC1. The molecule has 2 heterocycles. The molecule has 3 aromatic rings. The normalized spacial score (nSPS) is 14.7. The molecular formula is C24H25NO3. The van der Waals surface area contributed by atoms with Gasteiger partial charge in [-0.2, -0.15) is 0 Å². The number of benzene rings is 1. The van der Waals surface area contributed by atoms with Crippen molar-refractivity contribution in [2.75, 3.05) is 0 Å². The summed E-state index contributed by atoms with van der Waals surface area (Å²) >= 11 is 0. The molecule has 0 bridgehead atoms. The van der Waals surface area contributed by atoms with E-state index in [-0.39, 0.29) is 11.7 Å². The van der Waals surface area contributed by atoms with E-state index in [1.165, 1.54) is 5.56 Å². The Bertz CT molecular complexity index is 962. The smallest absolute Gasteiger partial charge is 0.343 e. The van der Waals surface area contributed by atoms with Crippen molar-refractivity contribution in [3.8, 4) is 5.75 Å². The van der Waals surface area contributed by atoms with E-state index in [0.29, 0.717) is 23.7 Å². The molecule has 0 saturated heterocycles. The summed E-state index contributed by atoms with van der Waals surface area (Å²) in [5.74, 6) is 0.949. The molecule has 144 valence electrons. The van der Waals surface area contributed by atoms with Gasteiger partial charge in [0.1, 0.15) is 11.5 Å². The zero-order valence-electron chi connectivity index (χ0n) is 15.9. The van der Waals surface area contributed by atoms with Crippen LogP contribution in [0, 0.1) is 5.92 Å². The fourth-order valence-electron chi connectivity index (χ4n) is 3.89. The van der Waals surface area contributed by atoms with Crippen molar-refractivity contribution in [3.05, 3.63) is 93.8 Å². The average Bonchev–Trinajstić information content (AvgIpc) is 3.54. The summed E-state index contributed by atoms with van der Waals surface area (Å²) in [6, 6.07) is 15.6. The van der Waals surface area contributed by atoms with E-state index < -0.39 is 5.63 Å². The van der Waals surface area contributed by atoms with E-state index in [0.717, 1.165) is 37.7 Å². The number of pyridine rings is 1. The van der Waals surface area contributed by atoms with E-state index in [9.17, 15) is 9.90 Å². The Morgan fingerprint density at radius 3 is 2.43 bits per heavy atom. The highest BCUT2D eigenvalue weighted by molar-refractivity contribution is 5.41. The maximum absolute atomic E-state index is 12.7. The summed E-state index contributed by atoms with van der Waals surface area (Å²) in [6.45, 7) is 0. The molecule has 1 aliphatic carbocycles. The molecule has 4 nitrogen and oxygen atoms in total. The second-order valence-electron chi connectivity index (χ2n) is 7.59. The molecule has 4 rings (SSSR count). The van der Waals surface area contributed by atoms with E-state index in [2.05, 4.69) is 4.98 Å². The molecule has 4 heteroatoms. The van der Waals surface area contributed by atoms with E-state index >= 15 is 0 Å². The molecule has 0 radical (unpaired) electrons.